The molecule has 0 spiro atoms. The predicted octanol–water partition coefficient (Wildman–Crippen LogP) is 3.27. The van der Waals surface area contributed by atoms with Crippen LogP contribution in [0.3, 0.4) is 0 Å². The van der Waals surface area contributed by atoms with Crippen LogP contribution in [-0.2, 0) is 30.4 Å². The van der Waals surface area contributed by atoms with Gasteiger partial charge < -0.3 is 88.5 Å². The molecule has 0 aliphatic heterocycles. The summed E-state index contributed by atoms with van der Waals surface area (Å²) in [5.74, 6) is -0.154. The Hall–Kier alpha value is -2.52. The number of rotatable bonds is 45. The zero-order valence-corrected chi connectivity index (χ0v) is 54.8. The van der Waals surface area contributed by atoms with Crippen molar-refractivity contribution in [1.29, 1.82) is 0 Å². The molecule has 468 valence electrons. The molecule has 2 aromatic carbocycles. The lowest BCUT2D eigenvalue weighted by Crippen LogP contribution is -3.00. The third-order valence-electron chi connectivity index (χ3n) is 14.0. The summed E-state index contributed by atoms with van der Waals surface area (Å²) in [6.45, 7) is 11.1. The van der Waals surface area contributed by atoms with Crippen molar-refractivity contribution in [3.05, 3.63) is 29.8 Å². The molecule has 80 heavy (non-hydrogen) atoms. The first kappa shape index (κ1) is 86.3. The van der Waals surface area contributed by atoms with Crippen LogP contribution < -0.4 is 88.5 Å². The smallest absolute Gasteiger partial charge is 0.224 e. The average molecular weight is 1230 g/mol. The van der Waals surface area contributed by atoms with E-state index >= 15 is 0 Å². The number of amides is 3. The van der Waals surface area contributed by atoms with Gasteiger partial charge in [0.1, 0.15) is 5.78 Å². The maximum absolute atomic E-state index is 13.3. The summed E-state index contributed by atoms with van der Waals surface area (Å²) in [4.78, 5) is 63.4. The summed E-state index contributed by atoms with van der Waals surface area (Å²) in [7, 11) is 0. The first-order chi connectivity index (χ1) is 36.7. The zero-order chi connectivity index (χ0) is 56.4. The summed E-state index contributed by atoms with van der Waals surface area (Å²) < 4.78 is 0. The molecule has 0 aliphatic carbocycles. The van der Waals surface area contributed by atoms with Gasteiger partial charge >= 0.3 is 0 Å². The molecule has 0 saturated heterocycles. The topological polar surface area (TPSA) is 232 Å². The number of benzene rings is 2. The van der Waals surface area contributed by atoms with Gasteiger partial charge in [-0.05, 0) is 61.4 Å². The van der Waals surface area contributed by atoms with E-state index in [9.17, 15) is 24.0 Å². The third kappa shape index (κ3) is 51.1. The normalized spacial score (nSPS) is 10.3. The molecule has 0 atom stereocenters. The lowest BCUT2D eigenvalue weighted by atomic mass is 10.00. The first-order valence-electron chi connectivity index (χ1n) is 30.9. The molecule has 0 radical (unpaired) electrons. The van der Waals surface area contributed by atoms with E-state index in [0.29, 0.717) is 54.7 Å². The van der Waals surface area contributed by atoms with E-state index in [1.165, 1.54) is 135 Å². The Balaban J connectivity index is -0.000000595. The molecule has 0 fully saturated rings. The van der Waals surface area contributed by atoms with E-state index in [2.05, 4.69) is 73.5 Å². The Morgan fingerprint density at radius 1 is 0.325 bits per heavy atom. The van der Waals surface area contributed by atoms with Crippen molar-refractivity contribution in [3.8, 4) is 0 Å². The number of carbonyl (C=O) groups excluding carboxylic acids is 5. The van der Waals surface area contributed by atoms with Crippen LogP contribution >= 0.6 is 11.6 Å². The minimum absolute atomic E-state index is 0. The number of ketones is 1. The second-order valence-electron chi connectivity index (χ2n) is 21.5. The van der Waals surface area contributed by atoms with Gasteiger partial charge in [0.2, 0.25) is 23.0 Å². The molecule has 12 nitrogen and oxygen atoms in total. The molecule has 0 saturated carbocycles. The molecule has 0 aliphatic rings. The van der Waals surface area contributed by atoms with Crippen molar-refractivity contribution in [2.75, 3.05) is 16.0 Å². The fraction of sp³-hybridized carbons (Fsp3) is 0.730. The molecular weight excluding hydrogens is 1110 g/mol. The quantitative estimate of drug-likeness (QED) is 0.0390. The van der Waals surface area contributed by atoms with Crippen LogP contribution in [0.5, 0.6) is 0 Å². The van der Waals surface area contributed by atoms with E-state index in [1.807, 2.05) is 18.2 Å². The number of carbonyl (C=O) groups is 5. The van der Waals surface area contributed by atoms with Gasteiger partial charge in [-0.2, -0.15) is 0 Å². The van der Waals surface area contributed by atoms with Crippen molar-refractivity contribution in [1.82, 2.24) is 0 Å². The molecular formula is C63H116Cl5N7O5. The molecule has 2 rings (SSSR count). The van der Waals surface area contributed by atoms with E-state index < -0.39 is 0 Å². The van der Waals surface area contributed by atoms with E-state index in [0.717, 1.165) is 113 Å². The Kier molecular flexibility index (Phi) is 65.8. The lowest BCUT2D eigenvalue weighted by Gasteiger charge is -2.19. The van der Waals surface area contributed by atoms with Crippen molar-refractivity contribution in [2.24, 2.45) is 0 Å². The highest BCUT2D eigenvalue weighted by Gasteiger charge is 2.19. The molecule has 2 aromatic rings. The number of quaternary nitrogens is 4. The third-order valence-corrected chi connectivity index (χ3v) is 14.2. The minimum Gasteiger partial charge on any atom is -1.00 e. The van der Waals surface area contributed by atoms with Gasteiger partial charge in [0.05, 0.1) is 23.5 Å². The number of hydrogen-bond acceptors (Lipinski definition) is 5. The fourth-order valence-corrected chi connectivity index (χ4v) is 9.21. The number of anilines is 3. The largest absolute Gasteiger partial charge is 1.00 e. The van der Waals surface area contributed by atoms with Gasteiger partial charge in [-0.3, -0.25) is 24.0 Å². The first-order valence-corrected chi connectivity index (χ1v) is 31.3. The standard InChI is InChI=1S/C47H83N3O4.C10H19ClO.C6H10N4.4ClH/c1-5-9-13-17-21-25-29-33-41(51)37-40-38-43(49-46(53)35-31-27-23-19-15-11-7-3)44(50-47(54)36-32-28-24-20-16-12-8-4)39-42(40)48-45(52)34-30-26-22-18-14-10-6-2;1-2-3-4-5-6-7-8-9-10(11)12;7-3-1-4(8)6(10)2-5(3)9;;;;/h38-39H,5-37H2,1-4H3,(H,48,52)(H,49,53)(H,50,54);2-9H2,1H3;1-2H,7-10H2;4*1H. The minimum atomic E-state index is -0.191. The molecule has 0 bridgehead atoms. The Morgan fingerprint density at radius 2 is 0.562 bits per heavy atom. The number of unbranched alkanes of at least 4 members (excludes halogenated alkanes) is 30. The van der Waals surface area contributed by atoms with E-state index in [4.69, 9.17) is 11.6 Å². The Bertz CT molecular complexity index is 1620. The molecule has 0 unspecified atom stereocenters. The maximum Gasteiger partial charge on any atom is 0.224 e. The molecule has 3 amide bonds. The van der Waals surface area contributed by atoms with Crippen molar-refractivity contribution in [3.63, 3.8) is 0 Å². The summed E-state index contributed by atoms with van der Waals surface area (Å²) in [5, 5.41) is 9.06. The van der Waals surface area contributed by atoms with Gasteiger partial charge in [0.15, 0.2) is 22.7 Å². The summed E-state index contributed by atoms with van der Waals surface area (Å²) in [5.41, 5.74) is 21.1. The highest BCUT2D eigenvalue weighted by Crippen LogP contribution is 2.32. The second kappa shape index (κ2) is 61.1. The van der Waals surface area contributed by atoms with Gasteiger partial charge in [-0.25, -0.2) is 0 Å². The highest BCUT2D eigenvalue weighted by atomic mass is 35.5. The maximum atomic E-state index is 13.3. The van der Waals surface area contributed by atoms with Gasteiger partial charge in [-0.1, -0.05) is 227 Å². The van der Waals surface area contributed by atoms with Crippen LogP contribution in [0.15, 0.2) is 24.3 Å². The molecule has 17 heteroatoms. The van der Waals surface area contributed by atoms with Crippen LogP contribution in [0.1, 0.15) is 297 Å². The highest BCUT2D eigenvalue weighted by molar-refractivity contribution is 6.63. The number of halogens is 5. The van der Waals surface area contributed by atoms with Crippen molar-refractivity contribution < 1.29 is 96.5 Å². The van der Waals surface area contributed by atoms with Crippen molar-refractivity contribution >= 4 is 80.2 Å². The van der Waals surface area contributed by atoms with E-state index in [-0.39, 0.29) is 84.8 Å². The molecule has 0 heterocycles. The van der Waals surface area contributed by atoms with Crippen molar-refractivity contribution in [2.45, 2.75) is 298 Å². The number of nitrogens with one attached hydrogen (secondary N) is 3. The fourth-order valence-electron chi connectivity index (χ4n) is 9.07. The van der Waals surface area contributed by atoms with E-state index in [1.54, 1.807) is 6.07 Å². The van der Waals surface area contributed by atoms with Crippen LogP contribution in [0.25, 0.3) is 0 Å². The van der Waals surface area contributed by atoms with Gasteiger partial charge in [0.25, 0.3) is 0 Å². The molecule has 15 N–H and O–H groups in total. The summed E-state index contributed by atoms with van der Waals surface area (Å²) in [6.07, 6.45) is 42.7. The zero-order valence-electron chi connectivity index (χ0n) is 51.1. The predicted molar refractivity (Wildman–Crippen MR) is 322 cm³/mol. The lowest BCUT2D eigenvalue weighted by molar-refractivity contribution is -0.313. The van der Waals surface area contributed by atoms with Crippen LogP contribution in [0.2, 0.25) is 0 Å². The van der Waals surface area contributed by atoms with Crippen LogP contribution in [-0.4, -0.2) is 28.7 Å². The SMILES string of the molecule is CCCCCCCCCC(=O)Cc1cc(NC(=O)CCCCCCCCC)c(NC(=O)CCCCCCCCC)cc1NC(=O)CCCCCCCCC.CCCCCCCCCC(=O)Cl.[Cl-].[Cl-].[Cl-].[Cl-].[NH3+]c1cc([NH3+])c([NH3+])cc1[NH3+]. The summed E-state index contributed by atoms with van der Waals surface area (Å²) >= 11 is 5.20. The second-order valence-corrected chi connectivity index (χ2v) is 21.9. The monoisotopic (exact) mass is 1230 g/mol. The van der Waals surface area contributed by atoms with Crippen LogP contribution in [0, 0.1) is 0 Å². The Morgan fingerprint density at radius 3 is 0.850 bits per heavy atom. The van der Waals surface area contributed by atoms with Gasteiger partial charge in [-0.15, -0.1) is 0 Å². The van der Waals surface area contributed by atoms with Crippen LogP contribution in [0.4, 0.5) is 39.8 Å². The Labute approximate surface area is 517 Å². The van der Waals surface area contributed by atoms with Gasteiger partial charge in [0, 0.05) is 44.2 Å². The molecule has 0 aromatic heterocycles. The average Bonchev–Trinajstić information content (AvgIpc) is 3.38. The number of Topliss-reactive ketones (excluding diaryl/α,β-unsaturated/α-hetero) is 1. The number of hydrogen-bond donors (Lipinski definition) is 7. The summed E-state index contributed by atoms with van der Waals surface area (Å²) in [6, 6.07) is 7.37.